The molecule has 4 aromatic rings. The van der Waals surface area contributed by atoms with Crippen molar-refractivity contribution in [2.75, 3.05) is 30.8 Å². The summed E-state index contributed by atoms with van der Waals surface area (Å²) >= 11 is 1.68. The first-order valence-corrected chi connectivity index (χ1v) is 11.3. The van der Waals surface area contributed by atoms with Crippen LogP contribution >= 0.6 is 11.3 Å². The molecule has 1 aliphatic rings. The van der Waals surface area contributed by atoms with E-state index in [-0.39, 0.29) is 0 Å². The van der Waals surface area contributed by atoms with Crippen molar-refractivity contribution in [3.63, 3.8) is 0 Å². The molecule has 0 atom stereocenters. The van der Waals surface area contributed by atoms with Crippen LogP contribution in [0.5, 0.6) is 5.75 Å². The lowest BCUT2D eigenvalue weighted by Crippen LogP contribution is -2.20. The molecule has 0 saturated heterocycles. The van der Waals surface area contributed by atoms with Gasteiger partial charge in [0.15, 0.2) is 0 Å². The Morgan fingerprint density at radius 2 is 2.00 bits per heavy atom. The third-order valence-electron chi connectivity index (χ3n) is 5.30. The molecule has 7 nitrogen and oxygen atoms in total. The number of rotatable bonds is 6. The van der Waals surface area contributed by atoms with E-state index in [2.05, 4.69) is 55.2 Å². The molecule has 5 rings (SSSR count). The van der Waals surface area contributed by atoms with Gasteiger partial charge in [0.1, 0.15) is 11.6 Å². The van der Waals surface area contributed by atoms with Gasteiger partial charge >= 0.3 is 0 Å². The van der Waals surface area contributed by atoms with Crippen LogP contribution in [0.25, 0.3) is 15.8 Å². The number of nitrogens with one attached hydrogen (secondary N) is 3. The fourth-order valence-corrected chi connectivity index (χ4v) is 4.63. The molecule has 0 radical (unpaired) electrons. The van der Waals surface area contributed by atoms with Crippen LogP contribution in [0.1, 0.15) is 17.0 Å². The van der Waals surface area contributed by atoms with Gasteiger partial charge in [-0.05, 0) is 67.4 Å². The Morgan fingerprint density at radius 1 is 1.06 bits per heavy atom. The average Bonchev–Trinajstić information content (AvgIpc) is 3.19. The Bertz CT molecular complexity index is 1300. The fraction of sp³-hybridized carbons (Fsp3) is 0.208. The number of anilines is 4. The van der Waals surface area contributed by atoms with E-state index in [9.17, 15) is 0 Å². The molecule has 0 spiro atoms. The Balaban J connectivity index is 1.38. The highest BCUT2D eigenvalue weighted by Gasteiger charge is 2.11. The Hall–Kier alpha value is -3.49. The lowest BCUT2D eigenvalue weighted by Gasteiger charge is -2.17. The zero-order chi connectivity index (χ0) is 21.9. The molecule has 0 bridgehead atoms. The van der Waals surface area contributed by atoms with E-state index in [1.54, 1.807) is 24.6 Å². The molecule has 3 N–H and O–H groups in total. The predicted octanol–water partition coefficient (Wildman–Crippen LogP) is 5.27. The van der Waals surface area contributed by atoms with Crippen molar-refractivity contribution in [1.29, 1.82) is 0 Å². The van der Waals surface area contributed by atoms with E-state index in [0.29, 0.717) is 11.8 Å². The van der Waals surface area contributed by atoms with Crippen LogP contribution in [0.4, 0.5) is 23.1 Å². The maximum absolute atomic E-state index is 5.56. The van der Waals surface area contributed by atoms with Crippen LogP contribution in [0, 0.1) is 6.92 Å². The van der Waals surface area contributed by atoms with Gasteiger partial charge in [-0.25, -0.2) is 9.97 Å². The summed E-state index contributed by atoms with van der Waals surface area (Å²) in [6.07, 6.45) is 4.97. The van der Waals surface area contributed by atoms with Crippen LogP contribution in [-0.2, 0) is 0 Å². The Labute approximate surface area is 190 Å². The van der Waals surface area contributed by atoms with Crippen LogP contribution in [0.3, 0.4) is 0 Å². The van der Waals surface area contributed by atoms with Crippen molar-refractivity contribution in [3.8, 4) is 5.75 Å². The molecule has 0 amide bonds. The first-order chi connectivity index (χ1) is 15.7. The van der Waals surface area contributed by atoms with Gasteiger partial charge in [0.25, 0.3) is 0 Å². The summed E-state index contributed by atoms with van der Waals surface area (Å²) in [5, 5.41) is 11.1. The highest BCUT2D eigenvalue weighted by molar-refractivity contribution is 7.18. The smallest absolute Gasteiger partial charge is 0.229 e. The van der Waals surface area contributed by atoms with E-state index in [1.165, 1.54) is 11.1 Å². The van der Waals surface area contributed by atoms with Crippen molar-refractivity contribution in [2.24, 2.45) is 0 Å². The second kappa shape index (κ2) is 8.94. The summed E-state index contributed by atoms with van der Waals surface area (Å²) in [5.41, 5.74) is 5.32. The number of hydrogen-bond acceptors (Lipinski definition) is 8. The average molecular weight is 445 g/mol. The van der Waals surface area contributed by atoms with Gasteiger partial charge in [-0.2, -0.15) is 4.98 Å². The molecule has 2 aromatic carbocycles. The molecule has 0 fully saturated rings. The number of nitrogens with zero attached hydrogens (tertiary/aromatic N) is 3. The first kappa shape index (κ1) is 20.4. The number of ether oxygens (including phenoxy) is 1. The molecule has 162 valence electrons. The summed E-state index contributed by atoms with van der Waals surface area (Å²) < 4.78 is 6.71. The number of hydrogen-bond donors (Lipinski definition) is 3. The third kappa shape index (κ3) is 4.42. The van der Waals surface area contributed by atoms with Crippen molar-refractivity contribution < 1.29 is 4.74 Å². The second-order valence-electron chi connectivity index (χ2n) is 7.53. The minimum absolute atomic E-state index is 0.499. The van der Waals surface area contributed by atoms with Crippen LogP contribution in [0.15, 0.2) is 54.7 Å². The summed E-state index contributed by atoms with van der Waals surface area (Å²) in [4.78, 5) is 13.6. The minimum Gasteiger partial charge on any atom is -0.495 e. The quantitative estimate of drug-likeness (QED) is 0.374. The molecule has 0 unspecified atom stereocenters. The predicted molar refractivity (Wildman–Crippen MR) is 131 cm³/mol. The van der Waals surface area contributed by atoms with Crippen molar-refractivity contribution in [3.05, 3.63) is 65.3 Å². The van der Waals surface area contributed by atoms with Gasteiger partial charge in [-0.3, -0.25) is 0 Å². The number of methoxy groups -OCH3 is 1. The summed E-state index contributed by atoms with van der Waals surface area (Å²) in [5.74, 6) is 1.95. The van der Waals surface area contributed by atoms with E-state index >= 15 is 0 Å². The number of fused-ring (bicyclic) bond motifs is 1. The van der Waals surface area contributed by atoms with Gasteiger partial charge in [-0.1, -0.05) is 12.1 Å². The molecule has 3 heterocycles. The van der Waals surface area contributed by atoms with Crippen LogP contribution in [0.2, 0.25) is 0 Å². The van der Waals surface area contributed by atoms with Crippen LogP contribution in [-0.4, -0.2) is 35.2 Å². The standard InChI is InChI=1S/C24H24N6OS/c1-15-27-19-5-4-18(14-22(19)32-15)28-23-9-12-26-24(30-23)29-20-13-17(3-6-21(20)31-2)16-7-10-25-11-8-16/h3-7,9,12-14,25H,8,10-11H2,1-2H3,(H2,26,28,29,30). The Morgan fingerprint density at radius 3 is 2.84 bits per heavy atom. The van der Waals surface area contributed by atoms with Gasteiger partial charge in [0.2, 0.25) is 5.95 Å². The van der Waals surface area contributed by atoms with Gasteiger partial charge in [-0.15, -0.1) is 11.3 Å². The highest BCUT2D eigenvalue weighted by atomic mass is 32.1. The molecule has 0 saturated carbocycles. The third-order valence-corrected chi connectivity index (χ3v) is 6.24. The van der Waals surface area contributed by atoms with Crippen molar-refractivity contribution in [1.82, 2.24) is 20.3 Å². The maximum Gasteiger partial charge on any atom is 0.229 e. The minimum atomic E-state index is 0.499. The normalized spacial score (nSPS) is 13.6. The largest absolute Gasteiger partial charge is 0.495 e. The molecule has 0 aliphatic carbocycles. The van der Waals surface area contributed by atoms with Crippen molar-refractivity contribution >= 4 is 50.3 Å². The number of aryl methyl sites for hydroxylation is 1. The molecule has 32 heavy (non-hydrogen) atoms. The van der Waals surface area contributed by atoms with E-state index in [4.69, 9.17) is 4.74 Å². The first-order valence-electron chi connectivity index (χ1n) is 10.5. The van der Waals surface area contributed by atoms with Gasteiger partial charge < -0.3 is 20.7 Å². The lowest BCUT2D eigenvalue weighted by molar-refractivity contribution is 0.416. The number of thiazole rings is 1. The van der Waals surface area contributed by atoms with E-state index in [0.717, 1.165) is 51.9 Å². The number of aromatic nitrogens is 3. The molecule has 2 aromatic heterocycles. The highest BCUT2D eigenvalue weighted by Crippen LogP contribution is 2.32. The van der Waals surface area contributed by atoms with Gasteiger partial charge in [0.05, 0.1) is 28.0 Å². The summed E-state index contributed by atoms with van der Waals surface area (Å²) in [6.45, 7) is 3.91. The topological polar surface area (TPSA) is 84.0 Å². The Kier molecular flexibility index (Phi) is 5.70. The van der Waals surface area contributed by atoms with Crippen molar-refractivity contribution in [2.45, 2.75) is 13.3 Å². The summed E-state index contributed by atoms with van der Waals surface area (Å²) in [6, 6.07) is 14.1. The van der Waals surface area contributed by atoms with Crippen LogP contribution < -0.4 is 20.7 Å². The lowest BCUT2D eigenvalue weighted by atomic mass is 9.99. The van der Waals surface area contributed by atoms with E-state index < -0.39 is 0 Å². The molecule has 8 heteroatoms. The van der Waals surface area contributed by atoms with Gasteiger partial charge in [0, 0.05) is 18.4 Å². The molecule has 1 aliphatic heterocycles. The fourth-order valence-electron chi connectivity index (χ4n) is 3.76. The van der Waals surface area contributed by atoms with E-state index in [1.807, 2.05) is 31.2 Å². The monoisotopic (exact) mass is 444 g/mol. The summed E-state index contributed by atoms with van der Waals surface area (Å²) in [7, 11) is 1.67. The number of benzene rings is 2. The molecular formula is C24H24N6OS. The SMILES string of the molecule is COc1ccc(C2=CCNCC2)cc1Nc1nccc(Nc2ccc3nc(C)sc3c2)n1. The second-order valence-corrected chi connectivity index (χ2v) is 8.76. The maximum atomic E-state index is 5.56. The zero-order valence-electron chi connectivity index (χ0n) is 18.0. The zero-order valence-corrected chi connectivity index (χ0v) is 18.8. The molecular weight excluding hydrogens is 420 g/mol.